The van der Waals surface area contributed by atoms with E-state index in [1.807, 2.05) is 42.6 Å². The Bertz CT molecular complexity index is 910. The van der Waals surface area contributed by atoms with E-state index in [9.17, 15) is 9.59 Å². The van der Waals surface area contributed by atoms with Crippen LogP contribution in [0.1, 0.15) is 16.1 Å². The van der Waals surface area contributed by atoms with E-state index in [1.54, 1.807) is 22.6 Å². The van der Waals surface area contributed by atoms with Gasteiger partial charge in [-0.2, -0.15) is 0 Å². The van der Waals surface area contributed by atoms with Gasteiger partial charge in [0.15, 0.2) is 0 Å². The van der Waals surface area contributed by atoms with Crippen LogP contribution in [0.4, 0.5) is 5.69 Å². The molecule has 0 atom stereocenters. The number of esters is 1. The molecule has 0 saturated carbocycles. The predicted octanol–water partition coefficient (Wildman–Crippen LogP) is 3.46. The first-order valence-corrected chi connectivity index (χ1v) is 8.37. The highest BCUT2D eigenvalue weighted by molar-refractivity contribution is 7.17. The molecule has 0 radical (unpaired) electrons. The highest BCUT2D eigenvalue weighted by Gasteiger charge is 2.20. The van der Waals surface area contributed by atoms with Crippen LogP contribution in [0.25, 0.3) is 10.2 Å². The van der Waals surface area contributed by atoms with E-state index in [0.29, 0.717) is 5.69 Å². The number of hydrogen-bond donors (Lipinski definition) is 0. The molecule has 2 heterocycles. The standard InChI is InChI=1S/C18H18N2O3S/c1-12-5-4-6-13(9-12)19(2)17(21)11-20-14-7-8-24-16(14)10-15(20)18(22)23-3/h4-10H,11H2,1-3H3. The molecule has 0 aliphatic rings. The van der Waals surface area contributed by atoms with Gasteiger partial charge in [-0.15, -0.1) is 11.3 Å². The van der Waals surface area contributed by atoms with Gasteiger partial charge in [0.1, 0.15) is 12.2 Å². The number of fused-ring (bicyclic) bond motifs is 1. The summed E-state index contributed by atoms with van der Waals surface area (Å²) in [6.07, 6.45) is 0. The van der Waals surface area contributed by atoms with Crippen LogP contribution in [-0.4, -0.2) is 30.6 Å². The summed E-state index contributed by atoms with van der Waals surface area (Å²) in [4.78, 5) is 26.3. The summed E-state index contributed by atoms with van der Waals surface area (Å²) in [5.74, 6) is -0.543. The summed E-state index contributed by atoms with van der Waals surface area (Å²) in [5.41, 5.74) is 3.17. The van der Waals surface area contributed by atoms with Gasteiger partial charge in [-0.3, -0.25) is 4.79 Å². The highest BCUT2D eigenvalue weighted by Crippen LogP contribution is 2.26. The highest BCUT2D eigenvalue weighted by atomic mass is 32.1. The quantitative estimate of drug-likeness (QED) is 0.682. The molecular formula is C18H18N2O3S. The average molecular weight is 342 g/mol. The molecule has 24 heavy (non-hydrogen) atoms. The minimum absolute atomic E-state index is 0.0785. The van der Waals surface area contributed by atoms with Crippen molar-refractivity contribution in [2.45, 2.75) is 13.5 Å². The fraction of sp³-hybridized carbons (Fsp3) is 0.222. The molecule has 0 unspecified atom stereocenters. The topological polar surface area (TPSA) is 51.5 Å². The van der Waals surface area contributed by atoms with E-state index in [1.165, 1.54) is 18.4 Å². The van der Waals surface area contributed by atoms with Crippen LogP contribution >= 0.6 is 11.3 Å². The summed E-state index contributed by atoms with van der Waals surface area (Å²) >= 11 is 1.53. The monoisotopic (exact) mass is 342 g/mol. The number of carbonyl (C=O) groups is 2. The molecule has 6 heteroatoms. The van der Waals surface area contributed by atoms with Crippen molar-refractivity contribution in [3.05, 3.63) is 53.0 Å². The van der Waals surface area contributed by atoms with Crippen molar-refractivity contribution in [3.63, 3.8) is 0 Å². The number of thiophene rings is 1. The Labute approximate surface area is 144 Å². The Morgan fingerprint density at radius 3 is 2.75 bits per heavy atom. The second-order valence-electron chi connectivity index (χ2n) is 5.57. The third-order valence-electron chi connectivity index (χ3n) is 3.97. The van der Waals surface area contributed by atoms with Gasteiger partial charge in [0.05, 0.1) is 17.3 Å². The van der Waals surface area contributed by atoms with E-state index in [0.717, 1.165) is 21.5 Å². The van der Waals surface area contributed by atoms with Gasteiger partial charge >= 0.3 is 5.97 Å². The molecule has 0 aliphatic heterocycles. The zero-order valence-corrected chi connectivity index (χ0v) is 14.6. The number of ether oxygens (including phenoxy) is 1. The number of anilines is 1. The maximum absolute atomic E-state index is 12.7. The fourth-order valence-electron chi connectivity index (χ4n) is 2.64. The van der Waals surface area contributed by atoms with Crippen molar-refractivity contribution in [1.29, 1.82) is 0 Å². The number of methoxy groups -OCH3 is 1. The smallest absolute Gasteiger partial charge is 0.354 e. The number of benzene rings is 1. The van der Waals surface area contributed by atoms with E-state index in [4.69, 9.17) is 4.74 Å². The lowest BCUT2D eigenvalue weighted by atomic mass is 10.2. The number of likely N-dealkylation sites (N-methyl/N-ethyl adjacent to an activating group) is 1. The number of carbonyl (C=O) groups excluding carboxylic acids is 2. The molecule has 5 nitrogen and oxygen atoms in total. The molecule has 0 bridgehead atoms. The Morgan fingerprint density at radius 2 is 2.04 bits per heavy atom. The number of aryl methyl sites for hydroxylation is 1. The zero-order valence-electron chi connectivity index (χ0n) is 13.8. The molecule has 0 saturated heterocycles. The molecule has 3 aromatic rings. The normalized spacial score (nSPS) is 10.8. The average Bonchev–Trinajstić information content (AvgIpc) is 3.16. The van der Waals surface area contributed by atoms with E-state index in [-0.39, 0.29) is 12.5 Å². The minimum atomic E-state index is -0.440. The number of rotatable bonds is 4. The van der Waals surface area contributed by atoms with Crippen molar-refractivity contribution >= 4 is 39.1 Å². The van der Waals surface area contributed by atoms with Gasteiger partial charge < -0.3 is 14.2 Å². The molecule has 2 aromatic heterocycles. The molecule has 1 amide bonds. The van der Waals surface area contributed by atoms with Gasteiger partial charge in [-0.05, 0) is 42.1 Å². The van der Waals surface area contributed by atoms with Crippen LogP contribution in [0.3, 0.4) is 0 Å². The molecule has 1 aromatic carbocycles. The Balaban J connectivity index is 1.92. The number of nitrogens with zero attached hydrogens (tertiary/aromatic N) is 2. The second kappa shape index (κ2) is 6.49. The predicted molar refractivity (Wildman–Crippen MR) is 95.7 cm³/mol. The molecule has 0 fully saturated rings. The third-order valence-corrected chi connectivity index (χ3v) is 4.83. The lowest BCUT2D eigenvalue weighted by Crippen LogP contribution is -2.31. The number of hydrogen-bond acceptors (Lipinski definition) is 4. The maximum atomic E-state index is 12.7. The molecule has 0 N–H and O–H groups in total. The molecule has 3 rings (SSSR count). The van der Waals surface area contributed by atoms with Gasteiger partial charge in [-0.1, -0.05) is 12.1 Å². The van der Waals surface area contributed by atoms with Crippen molar-refractivity contribution in [1.82, 2.24) is 4.57 Å². The van der Waals surface area contributed by atoms with Crippen molar-refractivity contribution < 1.29 is 14.3 Å². The summed E-state index contributed by atoms with van der Waals surface area (Å²) in [5, 5.41) is 1.94. The third kappa shape index (κ3) is 2.92. The first kappa shape index (κ1) is 16.3. The van der Waals surface area contributed by atoms with Crippen molar-refractivity contribution in [2.75, 3.05) is 19.1 Å². The van der Waals surface area contributed by atoms with Gasteiger partial charge in [-0.25, -0.2) is 4.79 Å². The van der Waals surface area contributed by atoms with Crippen molar-refractivity contribution in [3.8, 4) is 0 Å². The van der Waals surface area contributed by atoms with Gasteiger partial charge in [0.25, 0.3) is 0 Å². The first-order chi connectivity index (χ1) is 11.5. The van der Waals surface area contributed by atoms with Crippen LogP contribution in [0, 0.1) is 6.92 Å². The largest absolute Gasteiger partial charge is 0.464 e. The Kier molecular flexibility index (Phi) is 4.40. The first-order valence-electron chi connectivity index (χ1n) is 7.49. The van der Waals surface area contributed by atoms with Crippen LogP contribution < -0.4 is 4.90 Å². The lowest BCUT2D eigenvalue weighted by molar-refractivity contribution is -0.118. The summed E-state index contributed by atoms with van der Waals surface area (Å²) in [6, 6.07) is 11.4. The maximum Gasteiger partial charge on any atom is 0.354 e. The van der Waals surface area contributed by atoms with Crippen LogP contribution in [0.5, 0.6) is 0 Å². The van der Waals surface area contributed by atoms with Gasteiger partial charge in [0, 0.05) is 12.7 Å². The van der Waals surface area contributed by atoms with Gasteiger partial charge in [0.2, 0.25) is 5.91 Å². The lowest BCUT2D eigenvalue weighted by Gasteiger charge is -2.19. The fourth-order valence-corrected chi connectivity index (χ4v) is 3.47. The summed E-state index contributed by atoms with van der Waals surface area (Å²) < 4.78 is 7.51. The van der Waals surface area contributed by atoms with Crippen LogP contribution in [0.2, 0.25) is 0 Å². The molecule has 0 aliphatic carbocycles. The number of aromatic nitrogens is 1. The summed E-state index contributed by atoms with van der Waals surface area (Å²) in [6.45, 7) is 2.06. The molecule has 124 valence electrons. The second-order valence-corrected chi connectivity index (χ2v) is 6.52. The van der Waals surface area contributed by atoms with E-state index < -0.39 is 5.97 Å². The SMILES string of the molecule is COC(=O)c1cc2sccc2n1CC(=O)N(C)c1cccc(C)c1. The zero-order chi connectivity index (χ0) is 17.3. The molecular weight excluding hydrogens is 324 g/mol. The van der Waals surface area contributed by atoms with E-state index >= 15 is 0 Å². The Morgan fingerprint density at radius 1 is 1.25 bits per heavy atom. The number of amides is 1. The van der Waals surface area contributed by atoms with Crippen LogP contribution in [-0.2, 0) is 16.1 Å². The summed E-state index contributed by atoms with van der Waals surface area (Å²) in [7, 11) is 3.08. The molecule has 0 spiro atoms. The minimum Gasteiger partial charge on any atom is -0.464 e. The van der Waals surface area contributed by atoms with Crippen molar-refractivity contribution in [2.24, 2.45) is 0 Å². The Hall–Kier alpha value is -2.60. The van der Waals surface area contributed by atoms with Crippen LogP contribution in [0.15, 0.2) is 41.8 Å². The van der Waals surface area contributed by atoms with E-state index in [2.05, 4.69) is 0 Å².